The highest BCUT2D eigenvalue weighted by Gasteiger charge is 2.19. The highest BCUT2D eigenvalue weighted by molar-refractivity contribution is 7.99. The van der Waals surface area contributed by atoms with Crippen molar-refractivity contribution in [3.63, 3.8) is 0 Å². The summed E-state index contributed by atoms with van der Waals surface area (Å²) in [6.07, 6.45) is 6.47. The van der Waals surface area contributed by atoms with E-state index in [1.54, 1.807) is 0 Å². The molecule has 0 bridgehead atoms. The summed E-state index contributed by atoms with van der Waals surface area (Å²) in [5, 5.41) is 0. The molecule has 0 spiro atoms. The van der Waals surface area contributed by atoms with Crippen molar-refractivity contribution in [1.29, 1.82) is 0 Å². The number of unbranched alkanes of at least 4 members (excludes halogenated alkanes) is 3. The van der Waals surface area contributed by atoms with Crippen LogP contribution in [0.1, 0.15) is 125 Å². The van der Waals surface area contributed by atoms with Crippen LogP contribution in [0.25, 0.3) is 0 Å². The van der Waals surface area contributed by atoms with Gasteiger partial charge in [-0.1, -0.05) is 97.7 Å². The van der Waals surface area contributed by atoms with E-state index in [0.29, 0.717) is 17.8 Å². The SMILES string of the molecule is CCCCCCc1cc(C)c(C)cc1Sc1c(C(C)C)cc(C(C)C)cc1C(C)C. The summed E-state index contributed by atoms with van der Waals surface area (Å²) in [6, 6.07) is 9.85. The topological polar surface area (TPSA) is 0 Å². The first-order valence-corrected chi connectivity index (χ1v) is 12.9. The largest absolute Gasteiger partial charge is 0.0892 e. The van der Waals surface area contributed by atoms with Gasteiger partial charge in [0.15, 0.2) is 0 Å². The van der Waals surface area contributed by atoms with Crippen molar-refractivity contribution in [1.82, 2.24) is 0 Å². The highest BCUT2D eigenvalue weighted by Crippen LogP contribution is 2.43. The molecule has 0 heterocycles. The molecule has 166 valence electrons. The second-order valence-electron chi connectivity index (χ2n) is 9.95. The summed E-state index contributed by atoms with van der Waals surface area (Å²) in [5.41, 5.74) is 8.89. The van der Waals surface area contributed by atoms with E-state index in [1.165, 1.54) is 75.3 Å². The summed E-state index contributed by atoms with van der Waals surface area (Å²) < 4.78 is 0. The van der Waals surface area contributed by atoms with Gasteiger partial charge in [0.1, 0.15) is 0 Å². The van der Waals surface area contributed by atoms with Crippen molar-refractivity contribution in [2.24, 2.45) is 0 Å². The van der Waals surface area contributed by atoms with Crippen LogP contribution in [0.4, 0.5) is 0 Å². The molecule has 0 nitrogen and oxygen atoms in total. The molecule has 2 rings (SSSR count). The molecule has 0 aliphatic heterocycles. The van der Waals surface area contributed by atoms with Crippen LogP contribution in [0.15, 0.2) is 34.1 Å². The maximum atomic E-state index is 2.48. The van der Waals surface area contributed by atoms with E-state index in [-0.39, 0.29) is 0 Å². The van der Waals surface area contributed by atoms with E-state index in [2.05, 4.69) is 86.6 Å². The van der Waals surface area contributed by atoms with Crippen molar-refractivity contribution in [3.05, 3.63) is 57.6 Å². The average Bonchev–Trinajstić information content (AvgIpc) is 2.68. The van der Waals surface area contributed by atoms with Gasteiger partial charge >= 0.3 is 0 Å². The normalized spacial score (nSPS) is 11.9. The van der Waals surface area contributed by atoms with E-state index >= 15 is 0 Å². The Morgan fingerprint density at radius 1 is 0.700 bits per heavy atom. The Labute approximate surface area is 191 Å². The van der Waals surface area contributed by atoms with Crippen LogP contribution in [0, 0.1) is 13.8 Å². The van der Waals surface area contributed by atoms with E-state index < -0.39 is 0 Å². The molecule has 0 saturated carbocycles. The molecule has 0 aromatic heterocycles. The molecular formula is C29H44S. The van der Waals surface area contributed by atoms with Gasteiger partial charge in [-0.25, -0.2) is 0 Å². The van der Waals surface area contributed by atoms with Gasteiger partial charge in [0, 0.05) is 9.79 Å². The second kappa shape index (κ2) is 11.4. The zero-order chi connectivity index (χ0) is 22.4. The maximum Gasteiger partial charge on any atom is 0.0191 e. The van der Waals surface area contributed by atoms with Crippen molar-refractivity contribution < 1.29 is 0 Å². The third kappa shape index (κ3) is 6.39. The van der Waals surface area contributed by atoms with Crippen LogP contribution >= 0.6 is 11.8 Å². The Bertz CT molecular complexity index is 797. The molecule has 0 saturated heterocycles. The van der Waals surface area contributed by atoms with Crippen LogP contribution in [-0.2, 0) is 6.42 Å². The molecule has 0 N–H and O–H groups in total. The van der Waals surface area contributed by atoms with Gasteiger partial charge in [0.25, 0.3) is 0 Å². The lowest BCUT2D eigenvalue weighted by molar-refractivity contribution is 0.663. The highest BCUT2D eigenvalue weighted by atomic mass is 32.2. The fourth-order valence-corrected chi connectivity index (χ4v) is 5.57. The standard InChI is InChI=1S/C29H44S/c1-10-11-12-13-14-24-15-22(8)23(9)16-28(24)30-29-26(20(4)5)17-25(19(2)3)18-27(29)21(6)7/h15-21H,10-14H2,1-9H3. The predicted molar refractivity (Wildman–Crippen MR) is 137 cm³/mol. The summed E-state index contributed by atoms with van der Waals surface area (Å²) in [6.45, 7) is 20.8. The number of benzene rings is 2. The number of rotatable bonds is 10. The number of aryl methyl sites for hydroxylation is 3. The van der Waals surface area contributed by atoms with Crippen molar-refractivity contribution in [2.75, 3.05) is 0 Å². The van der Waals surface area contributed by atoms with E-state index in [4.69, 9.17) is 0 Å². The maximum absolute atomic E-state index is 2.48. The quantitative estimate of drug-likeness (QED) is 0.342. The molecule has 0 amide bonds. The summed E-state index contributed by atoms with van der Waals surface area (Å²) in [7, 11) is 0. The van der Waals surface area contributed by atoms with Gasteiger partial charge in [-0.15, -0.1) is 0 Å². The van der Waals surface area contributed by atoms with Crippen molar-refractivity contribution in [3.8, 4) is 0 Å². The zero-order valence-electron chi connectivity index (χ0n) is 21.0. The van der Waals surface area contributed by atoms with Gasteiger partial charge < -0.3 is 0 Å². The first-order valence-electron chi connectivity index (χ1n) is 12.1. The first-order chi connectivity index (χ1) is 14.1. The first kappa shape index (κ1) is 25.1. The Kier molecular flexibility index (Phi) is 9.54. The lowest BCUT2D eigenvalue weighted by atomic mass is 9.89. The Morgan fingerprint density at radius 3 is 1.77 bits per heavy atom. The van der Waals surface area contributed by atoms with Crippen LogP contribution in [0.3, 0.4) is 0 Å². The molecule has 0 atom stereocenters. The second-order valence-corrected chi connectivity index (χ2v) is 11.0. The van der Waals surface area contributed by atoms with E-state index in [0.717, 1.165) is 0 Å². The van der Waals surface area contributed by atoms with Gasteiger partial charge in [-0.05, 0) is 83.9 Å². The number of hydrogen-bond donors (Lipinski definition) is 0. The number of hydrogen-bond acceptors (Lipinski definition) is 1. The predicted octanol–water partition coefficient (Wildman–Crippen LogP) is 9.95. The van der Waals surface area contributed by atoms with Gasteiger partial charge in [0.2, 0.25) is 0 Å². The molecule has 1 heteroatoms. The molecule has 2 aromatic carbocycles. The molecule has 0 unspecified atom stereocenters. The Balaban J connectivity index is 2.53. The fourth-order valence-electron chi connectivity index (χ4n) is 4.00. The fraction of sp³-hybridized carbons (Fsp3) is 0.586. The average molecular weight is 425 g/mol. The minimum Gasteiger partial charge on any atom is -0.0892 e. The monoisotopic (exact) mass is 424 g/mol. The minimum atomic E-state index is 0.531. The lowest BCUT2D eigenvalue weighted by Crippen LogP contribution is -2.03. The van der Waals surface area contributed by atoms with Crippen molar-refractivity contribution >= 4 is 11.8 Å². The third-order valence-corrected chi connectivity index (χ3v) is 7.54. The van der Waals surface area contributed by atoms with Crippen LogP contribution in [0.2, 0.25) is 0 Å². The van der Waals surface area contributed by atoms with Crippen molar-refractivity contribution in [2.45, 2.75) is 122 Å². The van der Waals surface area contributed by atoms with Gasteiger partial charge in [-0.2, -0.15) is 0 Å². The zero-order valence-corrected chi connectivity index (χ0v) is 21.8. The molecular weight excluding hydrogens is 380 g/mol. The molecule has 0 fully saturated rings. The molecule has 0 aliphatic rings. The molecule has 0 radical (unpaired) electrons. The van der Waals surface area contributed by atoms with E-state index in [9.17, 15) is 0 Å². The van der Waals surface area contributed by atoms with Gasteiger partial charge in [0.05, 0.1) is 0 Å². The summed E-state index contributed by atoms with van der Waals surface area (Å²) in [4.78, 5) is 2.97. The smallest absolute Gasteiger partial charge is 0.0191 e. The summed E-state index contributed by atoms with van der Waals surface area (Å²) in [5.74, 6) is 1.63. The summed E-state index contributed by atoms with van der Waals surface area (Å²) >= 11 is 2.03. The third-order valence-electron chi connectivity index (χ3n) is 6.27. The van der Waals surface area contributed by atoms with Crippen LogP contribution in [-0.4, -0.2) is 0 Å². The molecule has 2 aromatic rings. The minimum absolute atomic E-state index is 0.531. The Morgan fingerprint density at radius 2 is 1.27 bits per heavy atom. The van der Waals surface area contributed by atoms with Gasteiger partial charge in [-0.3, -0.25) is 0 Å². The van der Waals surface area contributed by atoms with Crippen LogP contribution < -0.4 is 0 Å². The molecule has 0 aliphatic carbocycles. The Hall–Kier alpha value is -1.21. The molecule has 30 heavy (non-hydrogen) atoms. The van der Waals surface area contributed by atoms with E-state index in [1.807, 2.05) is 11.8 Å². The van der Waals surface area contributed by atoms with Crippen LogP contribution in [0.5, 0.6) is 0 Å². The lowest BCUT2D eigenvalue weighted by Gasteiger charge is -2.23.